The molecule has 0 saturated heterocycles. The molecule has 2 amide bonds. The van der Waals surface area contributed by atoms with E-state index in [1.54, 1.807) is 30.5 Å². The van der Waals surface area contributed by atoms with Crippen LogP contribution in [-0.2, 0) is 17.8 Å². The molecule has 0 unspecified atom stereocenters. The van der Waals surface area contributed by atoms with Gasteiger partial charge in [-0.3, -0.25) is 25.0 Å². The minimum Gasteiger partial charge on any atom is -0.461 e. The van der Waals surface area contributed by atoms with E-state index in [1.807, 2.05) is 30.5 Å². The number of nitrogens with one attached hydrogen (secondary N) is 2. The SMILES string of the molecule is CCc1ccc(C(=O)NNC(=O)CSc2nnc(-c3ccco3)n2CC)cc1. The molecule has 0 aliphatic carbocycles. The molecule has 28 heavy (non-hydrogen) atoms. The standard InChI is InChI=1S/C19H21N5O3S/c1-3-13-7-9-14(10-8-13)18(26)22-20-16(25)12-28-19-23-21-17(24(19)4-2)15-6-5-11-27-15/h5-11H,3-4,12H2,1-2H3,(H,20,25)(H,22,26). The highest BCUT2D eigenvalue weighted by molar-refractivity contribution is 7.99. The van der Waals surface area contributed by atoms with Gasteiger partial charge >= 0.3 is 0 Å². The average Bonchev–Trinajstić information content (AvgIpc) is 3.39. The van der Waals surface area contributed by atoms with Crippen LogP contribution in [-0.4, -0.2) is 32.3 Å². The second-order valence-corrected chi connectivity index (χ2v) is 6.81. The number of hydrogen-bond acceptors (Lipinski definition) is 6. The van der Waals surface area contributed by atoms with Crippen LogP contribution < -0.4 is 10.9 Å². The summed E-state index contributed by atoms with van der Waals surface area (Å²) in [7, 11) is 0. The number of benzene rings is 1. The van der Waals surface area contributed by atoms with Crippen LogP contribution in [0.15, 0.2) is 52.2 Å². The van der Waals surface area contributed by atoms with Gasteiger partial charge in [0.05, 0.1) is 12.0 Å². The molecule has 0 radical (unpaired) electrons. The first kappa shape index (κ1) is 19.7. The van der Waals surface area contributed by atoms with Crippen LogP contribution in [0.3, 0.4) is 0 Å². The van der Waals surface area contributed by atoms with E-state index >= 15 is 0 Å². The van der Waals surface area contributed by atoms with Crippen molar-refractivity contribution in [1.29, 1.82) is 0 Å². The molecule has 1 aromatic carbocycles. The second-order valence-electron chi connectivity index (χ2n) is 5.87. The van der Waals surface area contributed by atoms with E-state index in [-0.39, 0.29) is 17.6 Å². The highest BCUT2D eigenvalue weighted by Crippen LogP contribution is 2.23. The molecule has 3 rings (SSSR count). The van der Waals surface area contributed by atoms with Gasteiger partial charge in [-0.25, -0.2) is 0 Å². The van der Waals surface area contributed by atoms with Crippen LogP contribution in [0, 0.1) is 0 Å². The molecule has 0 bridgehead atoms. The summed E-state index contributed by atoms with van der Waals surface area (Å²) < 4.78 is 7.23. The summed E-state index contributed by atoms with van der Waals surface area (Å²) in [4.78, 5) is 24.2. The summed E-state index contributed by atoms with van der Waals surface area (Å²) in [5, 5.41) is 8.86. The topological polar surface area (TPSA) is 102 Å². The van der Waals surface area contributed by atoms with Crippen molar-refractivity contribution in [3.63, 3.8) is 0 Å². The lowest BCUT2D eigenvalue weighted by Crippen LogP contribution is -2.42. The number of hydrogen-bond donors (Lipinski definition) is 2. The van der Waals surface area contributed by atoms with Crippen LogP contribution in [0.2, 0.25) is 0 Å². The fraction of sp³-hybridized carbons (Fsp3) is 0.263. The Morgan fingerprint density at radius 2 is 1.89 bits per heavy atom. The highest BCUT2D eigenvalue weighted by atomic mass is 32.2. The number of furan rings is 1. The Morgan fingerprint density at radius 3 is 2.54 bits per heavy atom. The van der Waals surface area contributed by atoms with Gasteiger partial charge in [-0.05, 0) is 43.2 Å². The van der Waals surface area contributed by atoms with Gasteiger partial charge < -0.3 is 4.42 Å². The highest BCUT2D eigenvalue weighted by Gasteiger charge is 2.16. The summed E-state index contributed by atoms with van der Waals surface area (Å²) in [5.41, 5.74) is 6.46. The Kier molecular flexibility index (Phi) is 6.49. The molecule has 2 heterocycles. The minimum atomic E-state index is -0.363. The van der Waals surface area contributed by atoms with Crippen LogP contribution in [0.5, 0.6) is 0 Å². The van der Waals surface area contributed by atoms with Crippen LogP contribution >= 0.6 is 11.8 Å². The summed E-state index contributed by atoms with van der Waals surface area (Å²) in [5.74, 6) is 0.614. The molecule has 0 aliphatic heterocycles. The summed E-state index contributed by atoms with van der Waals surface area (Å²) in [6.45, 7) is 4.64. The van der Waals surface area contributed by atoms with E-state index in [9.17, 15) is 9.59 Å². The quantitative estimate of drug-likeness (QED) is 0.468. The molecule has 3 aromatic rings. The largest absolute Gasteiger partial charge is 0.461 e. The van der Waals surface area contributed by atoms with Gasteiger partial charge in [-0.2, -0.15) is 0 Å². The Labute approximate surface area is 166 Å². The van der Waals surface area contributed by atoms with Crippen molar-refractivity contribution in [2.45, 2.75) is 32.0 Å². The maximum absolute atomic E-state index is 12.1. The van der Waals surface area contributed by atoms with Gasteiger partial charge in [-0.1, -0.05) is 30.8 Å². The molecule has 146 valence electrons. The number of aromatic nitrogens is 3. The van der Waals surface area contributed by atoms with Crippen molar-refractivity contribution >= 4 is 23.6 Å². The van der Waals surface area contributed by atoms with Crippen molar-refractivity contribution in [1.82, 2.24) is 25.6 Å². The smallest absolute Gasteiger partial charge is 0.269 e. The van der Waals surface area contributed by atoms with Gasteiger partial charge in [0, 0.05) is 12.1 Å². The number of hydrazine groups is 1. The summed E-state index contributed by atoms with van der Waals surface area (Å²) >= 11 is 1.23. The Balaban J connectivity index is 1.52. The minimum absolute atomic E-state index is 0.0886. The van der Waals surface area contributed by atoms with Gasteiger partial charge in [0.25, 0.3) is 5.91 Å². The van der Waals surface area contributed by atoms with Crippen LogP contribution in [0.25, 0.3) is 11.6 Å². The number of carbonyl (C=O) groups is 2. The number of rotatable bonds is 7. The van der Waals surface area contributed by atoms with Crippen molar-refractivity contribution in [2.75, 3.05) is 5.75 Å². The molecule has 8 nitrogen and oxygen atoms in total. The van der Waals surface area contributed by atoms with E-state index in [2.05, 4.69) is 21.0 Å². The Hall–Kier alpha value is -3.07. The van der Waals surface area contributed by atoms with E-state index in [4.69, 9.17) is 4.42 Å². The fourth-order valence-electron chi connectivity index (χ4n) is 2.53. The van der Waals surface area contributed by atoms with Crippen molar-refractivity contribution < 1.29 is 14.0 Å². The first-order chi connectivity index (χ1) is 13.6. The van der Waals surface area contributed by atoms with E-state index < -0.39 is 0 Å². The number of thioether (sulfide) groups is 1. The van der Waals surface area contributed by atoms with Crippen LogP contribution in [0.1, 0.15) is 29.8 Å². The summed E-state index contributed by atoms with van der Waals surface area (Å²) in [6, 6.07) is 10.8. The number of nitrogens with zero attached hydrogens (tertiary/aromatic N) is 3. The van der Waals surface area contributed by atoms with Crippen molar-refractivity contribution in [3.05, 3.63) is 53.8 Å². The number of aryl methyl sites for hydroxylation is 1. The zero-order chi connectivity index (χ0) is 19.9. The first-order valence-electron chi connectivity index (χ1n) is 8.90. The zero-order valence-electron chi connectivity index (χ0n) is 15.6. The molecular formula is C19H21N5O3S. The fourth-order valence-corrected chi connectivity index (χ4v) is 3.33. The molecule has 2 aromatic heterocycles. The van der Waals surface area contributed by atoms with Crippen molar-refractivity contribution in [2.24, 2.45) is 0 Å². The van der Waals surface area contributed by atoms with Gasteiger partial charge in [0.15, 0.2) is 16.7 Å². The molecule has 0 fully saturated rings. The second kappa shape index (κ2) is 9.23. The number of carbonyl (C=O) groups excluding carboxylic acids is 2. The predicted octanol–water partition coefficient (Wildman–Crippen LogP) is 2.67. The molecule has 0 saturated carbocycles. The number of amides is 2. The molecule has 2 N–H and O–H groups in total. The molecular weight excluding hydrogens is 378 g/mol. The maximum Gasteiger partial charge on any atom is 0.269 e. The molecule has 0 atom stereocenters. The Bertz CT molecular complexity index is 935. The zero-order valence-corrected chi connectivity index (χ0v) is 16.5. The van der Waals surface area contributed by atoms with Crippen molar-refractivity contribution in [3.8, 4) is 11.6 Å². The normalized spacial score (nSPS) is 10.6. The lowest BCUT2D eigenvalue weighted by Gasteiger charge is -2.08. The van der Waals surface area contributed by atoms with Gasteiger partial charge in [0.1, 0.15) is 0 Å². The van der Waals surface area contributed by atoms with Crippen LogP contribution in [0.4, 0.5) is 0 Å². The monoisotopic (exact) mass is 399 g/mol. The average molecular weight is 399 g/mol. The third-order valence-corrected chi connectivity index (χ3v) is 5.01. The third kappa shape index (κ3) is 4.61. The molecule has 0 aliphatic rings. The van der Waals surface area contributed by atoms with E-state index in [1.165, 1.54) is 11.8 Å². The summed E-state index contributed by atoms with van der Waals surface area (Å²) in [6.07, 6.45) is 2.47. The Morgan fingerprint density at radius 1 is 1.11 bits per heavy atom. The van der Waals surface area contributed by atoms with E-state index in [0.29, 0.717) is 28.8 Å². The first-order valence-corrected chi connectivity index (χ1v) is 9.89. The van der Waals surface area contributed by atoms with E-state index in [0.717, 1.165) is 12.0 Å². The van der Waals surface area contributed by atoms with Gasteiger partial charge in [-0.15, -0.1) is 10.2 Å². The predicted molar refractivity (Wildman–Crippen MR) is 106 cm³/mol. The van der Waals surface area contributed by atoms with Gasteiger partial charge in [0.2, 0.25) is 5.91 Å². The molecule has 9 heteroatoms. The molecule has 0 spiro atoms. The lowest BCUT2D eigenvalue weighted by atomic mass is 10.1. The lowest BCUT2D eigenvalue weighted by molar-refractivity contribution is -0.119. The third-order valence-electron chi connectivity index (χ3n) is 4.05. The maximum atomic E-state index is 12.1.